The summed E-state index contributed by atoms with van der Waals surface area (Å²) in [5.41, 5.74) is -0.626. The fourth-order valence-corrected chi connectivity index (χ4v) is 2.54. The molecule has 0 amide bonds. The van der Waals surface area contributed by atoms with Gasteiger partial charge in [0.05, 0.1) is 18.4 Å². The molecule has 7 nitrogen and oxygen atoms in total. The minimum atomic E-state index is -0.552. The van der Waals surface area contributed by atoms with Crippen molar-refractivity contribution >= 4 is 17.9 Å². The number of hydrogen-bond acceptors (Lipinski definition) is 7. The van der Waals surface area contributed by atoms with Crippen molar-refractivity contribution in [2.24, 2.45) is 0 Å². The second kappa shape index (κ2) is 11.7. The van der Waals surface area contributed by atoms with Crippen LogP contribution in [0.15, 0.2) is 30.3 Å². The van der Waals surface area contributed by atoms with Crippen LogP contribution >= 0.6 is 0 Å². The number of nitrogens with zero attached hydrogens (tertiary/aromatic N) is 1. The Hall–Kier alpha value is -2.41. The molecule has 1 aromatic carbocycles. The summed E-state index contributed by atoms with van der Waals surface area (Å²) in [6.45, 7) is 12.2. The van der Waals surface area contributed by atoms with Crippen LogP contribution in [0.5, 0.6) is 0 Å². The van der Waals surface area contributed by atoms with Gasteiger partial charge in [-0.3, -0.25) is 14.5 Å². The van der Waals surface area contributed by atoms with Gasteiger partial charge in [0.25, 0.3) is 0 Å². The molecule has 0 aromatic heterocycles. The van der Waals surface area contributed by atoms with Crippen molar-refractivity contribution in [3.63, 3.8) is 0 Å². The second-order valence-corrected chi connectivity index (χ2v) is 9.02. The zero-order chi connectivity index (χ0) is 22.8. The third kappa shape index (κ3) is 12.2. The molecule has 0 atom stereocenters. The van der Waals surface area contributed by atoms with E-state index in [9.17, 15) is 14.4 Å². The fraction of sp³-hybridized carbons (Fsp3) is 0.609. The van der Waals surface area contributed by atoms with E-state index in [-0.39, 0.29) is 31.4 Å². The molecule has 1 rings (SSSR count). The van der Waals surface area contributed by atoms with E-state index in [1.54, 1.807) is 24.3 Å². The molecule has 0 fully saturated rings. The number of carbonyl (C=O) groups is 3. The maximum Gasteiger partial charge on any atom is 0.338 e. The molecule has 0 aliphatic carbocycles. The van der Waals surface area contributed by atoms with Crippen LogP contribution in [0.3, 0.4) is 0 Å². The Morgan fingerprint density at radius 2 is 1.23 bits per heavy atom. The SMILES string of the molecule is CC(C)(C)OC(=O)CCN(CCOC(=O)c1ccccc1)CCC(=O)OC(C)(C)C. The molecule has 0 heterocycles. The number of hydrogen-bond donors (Lipinski definition) is 0. The van der Waals surface area contributed by atoms with Crippen LogP contribution in [0.25, 0.3) is 0 Å². The summed E-state index contributed by atoms with van der Waals surface area (Å²) >= 11 is 0. The molecule has 0 unspecified atom stereocenters. The molecule has 0 radical (unpaired) electrons. The molecule has 0 aliphatic heterocycles. The lowest BCUT2D eigenvalue weighted by Gasteiger charge is -2.24. The summed E-state index contributed by atoms with van der Waals surface area (Å²) in [5, 5.41) is 0. The van der Waals surface area contributed by atoms with E-state index in [0.29, 0.717) is 25.2 Å². The standard InChI is InChI=1S/C23H35NO6/c1-22(2,3)29-19(25)12-14-24(15-13-20(26)30-23(4,5)6)16-17-28-21(27)18-10-8-7-9-11-18/h7-11H,12-17H2,1-6H3. The quantitative estimate of drug-likeness (QED) is 0.422. The largest absolute Gasteiger partial charge is 0.461 e. The summed E-state index contributed by atoms with van der Waals surface area (Å²) in [5.74, 6) is -1.04. The summed E-state index contributed by atoms with van der Waals surface area (Å²) < 4.78 is 16.0. The van der Waals surface area contributed by atoms with Crippen molar-refractivity contribution in [1.29, 1.82) is 0 Å². The molecular weight excluding hydrogens is 386 g/mol. The van der Waals surface area contributed by atoms with E-state index < -0.39 is 17.2 Å². The Kier molecular flexibility index (Phi) is 9.99. The average molecular weight is 422 g/mol. The first-order valence-electron chi connectivity index (χ1n) is 10.2. The smallest absolute Gasteiger partial charge is 0.338 e. The van der Waals surface area contributed by atoms with Crippen LogP contribution in [0, 0.1) is 0 Å². The second-order valence-electron chi connectivity index (χ2n) is 9.02. The highest BCUT2D eigenvalue weighted by Gasteiger charge is 2.20. The van der Waals surface area contributed by atoms with Gasteiger partial charge in [0.15, 0.2) is 0 Å². The van der Waals surface area contributed by atoms with E-state index in [1.165, 1.54) is 0 Å². The Balaban J connectivity index is 2.56. The Bertz CT molecular complexity index is 656. The number of esters is 3. The van der Waals surface area contributed by atoms with E-state index >= 15 is 0 Å². The van der Waals surface area contributed by atoms with Gasteiger partial charge in [0.1, 0.15) is 17.8 Å². The van der Waals surface area contributed by atoms with Gasteiger partial charge >= 0.3 is 17.9 Å². The predicted molar refractivity (Wildman–Crippen MR) is 114 cm³/mol. The molecule has 0 spiro atoms. The first-order chi connectivity index (χ1) is 13.9. The van der Waals surface area contributed by atoms with Crippen molar-refractivity contribution in [2.45, 2.75) is 65.6 Å². The Labute approximate surface area is 179 Å². The van der Waals surface area contributed by atoms with Crippen LogP contribution < -0.4 is 0 Å². The molecule has 0 bridgehead atoms. The molecule has 0 saturated carbocycles. The van der Waals surface area contributed by atoms with Gasteiger partial charge < -0.3 is 14.2 Å². The van der Waals surface area contributed by atoms with Gasteiger partial charge in [-0.25, -0.2) is 4.79 Å². The number of ether oxygens (including phenoxy) is 3. The van der Waals surface area contributed by atoms with Crippen molar-refractivity contribution in [3.8, 4) is 0 Å². The summed E-state index contributed by atoms with van der Waals surface area (Å²) in [4.78, 5) is 38.0. The molecule has 30 heavy (non-hydrogen) atoms. The highest BCUT2D eigenvalue weighted by Crippen LogP contribution is 2.11. The summed E-state index contributed by atoms with van der Waals surface area (Å²) in [6, 6.07) is 8.73. The predicted octanol–water partition coefficient (Wildman–Crippen LogP) is 3.61. The minimum Gasteiger partial charge on any atom is -0.461 e. The molecule has 0 aliphatic rings. The first kappa shape index (κ1) is 25.6. The van der Waals surface area contributed by atoms with Crippen molar-refractivity contribution in [1.82, 2.24) is 4.90 Å². The molecule has 0 saturated heterocycles. The maximum absolute atomic E-state index is 12.1. The van der Waals surface area contributed by atoms with E-state index in [1.807, 2.05) is 52.5 Å². The normalized spacial score (nSPS) is 11.8. The minimum absolute atomic E-state index is 0.149. The van der Waals surface area contributed by atoms with Gasteiger partial charge in [0, 0.05) is 19.6 Å². The van der Waals surface area contributed by atoms with Gasteiger partial charge in [-0.1, -0.05) is 18.2 Å². The maximum atomic E-state index is 12.1. The van der Waals surface area contributed by atoms with Gasteiger partial charge in [-0.2, -0.15) is 0 Å². The highest BCUT2D eigenvalue weighted by molar-refractivity contribution is 5.89. The molecule has 0 N–H and O–H groups in total. The van der Waals surface area contributed by atoms with Crippen LogP contribution in [0.1, 0.15) is 64.7 Å². The lowest BCUT2D eigenvalue weighted by Crippen LogP contribution is -2.35. The van der Waals surface area contributed by atoms with Crippen LogP contribution in [0.2, 0.25) is 0 Å². The summed E-state index contributed by atoms with van der Waals surface area (Å²) in [7, 11) is 0. The number of rotatable bonds is 10. The van der Waals surface area contributed by atoms with Crippen LogP contribution in [-0.4, -0.2) is 60.3 Å². The zero-order valence-corrected chi connectivity index (χ0v) is 19.0. The van der Waals surface area contributed by atoms with E-state index in [2.05, 4.69) is 0 Å². The topological polar surface area (TPSA) is 82.1 Å². The Morgan fingerprint density at radius 3 is 1.67 bits per heavy atom. The highest BCUT2D eigenvalue weighted by atomic mass is 16.6. The molecular formula is C23H35NO6. The van der Waals surface area contributed by atoms with Crippen molar-refractivity contribution in [2.75, 3.05) is 26.2 Å². The first-order valence-corrected chi connectivity index (χ1v) is 10.2. The van der Waals surface area contributed by atoms with Crippen LogP contribution in [0.4, 0.5) is 0 Å². The number of benzene rings is 1. The summed E-state index contributed by atoms with van der Waals surface area (Å²) in [6.07, 6.45) is 0.358. The van der Waals surface area contributed by atoms with E-state index in [0.717, 1.165) is 0 Å². The third-order valence-electron chi connectivity index (χ3n) is 3.75. The van der Waals surface area contributed by atoms with E-state index in [4.69, 9.17) is 14.2 Å². The Morgan fingerprint density at radius 1 is 0.767 bits per heavy atom. The molecule has 168 valence electrons. The lowest BCUT2D eigenvalue weighted by molar-refractivity contribution is -0.155. The number of carbonyl (C=O) groups excluding carboxylic acids is 3. The molecule has 1 aromatic rings. The van der Waals surface area contributed by atoms with Crippen molar-refractivity contribution in [3.05, 3.63) is 35.9 Å². The third-order valence-corrected chi connectivity index (χ3v) is 3.75. The van der Waals surface area contributed by atoms with Crippen molar-refractivity contribution < 1.29 is 28.6 Å². The van der Waals surface area contributed by atoms with Gasteiger partial charge in [-0.05, 0) is 53.7 Å². The molecule has 7 heteroatoms. The zero-order valence-electron chi connectivity index (χ0n) is 19.0. The average Bonchev–Trinajstić information content (AvgIpc) is 2.61. The monoisotopic (exact) mass is 421 g/mol. The van der Waals surface area contributed by atoms with Crippen LogP contribution in [-0.2, 0) is 23.8 Å². The van der Waals surface area contributed by atoms with Gasteiger partial charge in [-0.15, -0.1) is 0 Å². The lowest BCUT2D eigenvalue weighted by atomic mass is 10.2. The fourth-order valence-electron chi connectivity index (χ4n) is 2.54. The van der Waals surface area contributed by atoms with Gasteiger partial charge in [0.2, 0.25) is 0 Å².